The third kappa shape index (κ3) is 6.09. The van der Waals surface area contributed by atoms with Crippen molar-refractivity contribution in [1.29, 1.82) is 0 Å². The third-order valence-electron chi connectivity index (χ3n) is 1.15. The van der Waals surface area contributed by atoms with Gasteiger partial charge in [-0.1, -0.05) is 0 Å². The van der Waals surface area contributed by atoms with Gasteiger partial charge >= 0.3 is 5.97 Å². The molecule has 0 aliphatic carbocycles. The van der Waals surface area contributed by atoms with Crippen molar-refractivity contribution in [2.45, 2.75) is 6.10 Å². The lowest BCUT2D eigenvalue weighted by Gasteiger charge is -2.14. The minimum Gasteiger partial charge on any atom is -0.480 e. The Bertz CT molecular complexity index is 119. The maximum atomic E-state index is 10.1. The first kappa shape index (κ1) is 11.4. The molecule has 0 aromatic rings. The summed E-state index contributed by atoms with van der Waals surface area (Å²) in [6, 6.07) is 0. The molecule has 0 spiro atoms. The van der Waals surface area contributed by atoms with Crippen molar-refractivity contribution in [3.8, 4) is 0 Å². The number of hydrogen-bond donors (Lipinski definition) is 1. The van der Waals surface area contributed by atoms with Crippen LogP contribution in [0.4, 0.5) is 0 Å². The van der Waals surface area contributed by atoms with Gasteiger partial charge in [0.15, 0.2) is 0 Å². The van der Waals surface area contributed by atoms with Crippen LogP contribution < -0.4 is 0 Å². The van der Waals surface area contributed by atoms with Gasteiger partial charge in [-0.2, -0.15) is 0 Å². The number of ether oxygens (including phenoxy) is 3. The standard InChI is InChI=1S/C7H14O5/c1-10-3-6(4-11-2)12-5-7(8)9/h6H,3-5H2,1-2H3,(H,8,9). The predicted molar refractivity (Wildman–Crippen MR) is 41.1 cm³/mol. The highest BCUT2D eigenvalue weighted by Crippen LogP contribution is 1.93. The summed E-state index contributed by atoms with van der Waals surface area (Å²) in [5.41, 5.74) is 0. The van der Waals surface area contributed by atoms with Crippen molar-refractivity contribution in [2.75, 3.05) is 34.0 Å². The largest absolute Gasteiger partial charge is 0.480 e. The van der Waals surface area contributed by atoms with Crippen LogP contribution in [-0.4, -0.2) is 51.2 Å². The highest BCUT2D eigenvalue weighted by molar-refractivity contribution is 5.68. The molecule has 72 valence electrons. The summed E-state index contributed by atoms with van der Waals surface area (Å²) in [5.74, 6) is -0.993. The molecule has 5 nitrogen and oxygen atoms in total. The number of carboxylic acid groups (broad SMARTS) is 1. The molecule has 0 bridgehead atoms. The van der Waals surface area contributed by atoms with Gasteiger partial charge < -0.3 is 19.3 Å². The summed E-state index contributed by atoms with van der Waals surface area (Å²) in [6.45, 7) is 0.347. The fraction of sp³-hybridized carbons (Fsp3) is 0.857. The van der Waals surface area contributed by atoms with Gasteiger partial charge in [0.1, 0.15) is 12.7 Å². The first-order valence-electron chi connectivity index (χ1n) is 3.52. The molecule has 0 saturated carbocycles. The second-order valence-corrected chi connectivity index (χ2v) is 2.24. The molecule has 0 aliphatic heterocycles. The number of methoxy groups -OCH3 is 2. The Morgan fingerprint density at radius 3 is 2.17 bits per heavy atom. The fourth-order valence-electron chi connectivity index (χ4n) is 0.705. The van der Waals surface area contributed by atoms with Gasteiger partial charge in [-0.25, -0.2) is 4.79 Å². The van der Waals surface area contributed by atoms with Gasteiger partial charge in [0.25, 0.3) is 0 Å². The molecule has 0 amide bonds. The fourth-order valence-corrected chi connectivity index (χ4v) is 0.705. The highest BCUT2D eigenvalue weighted by atomic mass is 16.6. The van der Waals surface area contributed by atoms with Crippen molar-refractivity contribution in [3.63, 3.8) is 0 Å². The van der Waals surface area contributed by atoms with Crippen LogP contribution in [0.5, 0.6) is 0 Å². The molecule has 0 aromatic carbocycles. The zero-order valence-electron chi connectivity index (χ0n) is 7.28. The van der Waals surface area contributed by atoms with E-state index in [-0.39, 0.29) is 12.7 Å². The van der Waals surface area contributed by atoms with E-state index < -0.39 is 5.97 Å². The molecule has 12 heavy (non-hydrogen) atoms. The molecule has 0 fully saturated rings. The van der Waals surface area contributed by atoms with Crippen LogP contribution in [0, 0.1) is 0 Å². The Balaban J connectivity index is 3.54. The maximum Gasteiger partial charge on any atom is 0.329 e. The molecule has 0 aromatic heterocycles. The molecule has 5 heteroatoms. The molecule has 0 radical (unpaired) electrons. The van der Waals surface area contributed by atoms with Crippen molar-refractivity contribution < 1.29 is 24.1 Å². The zero-order valence-corrected chi connectivity index (χ0v) is 7.28. The predicted octanol–water partition coefficient (Wildman–Crippen LogP) is -0.251. The third-order valence-corrected chi connectivity index (χ3v) is 1.15. The van der Waals surface area contributed by atoms with E-state index in [1.807, 2.05) is 0 Å². The average molecular weight is 178 g/mol. The average Bonchev–Trinajstić information content (AvgIpc) is 2.01. The van der Waals surface area contributed by atoms with Gasteiger partial charge in [0, 0.05) is 14.2 Å². The molecule has 0 rings (SSSR count). The Morgan fingerprint density at radius 1 is 1.33 bits per heavy atom. The molecule has 0 saturated heterocycles. The van der Waals surface area contributed by atoms with E-state index >= 15 is 0 Å². The highest BCUT2D eigenvalue weighted by Gasteiger charge is 2.09. The summed E-state index contributed by atoms with van der Waals surface area (Å²) in [5, 5.41) is 8.29. The second-order valence-electron chi connectivity index (χ2n) is 2.24. The summed E-state index contributed by atoms with van der Waals surface area (Å²) in [7, 11) is 3.04. The number of carboxylic acids is 1. The zero-order chi connectivity index (χ0) is 9.40. The van der Waals surface area contributed by atoms with Crippen LogP contribution in [-0.2, 0) is 19.0 Å². The summed E-state index contributed by atoms with van der Waals surface area (Å²) in [6.07, 6.45) is -0.309. The number of carbonyl (C=O) groups is 1. The molecule has 0 unspecified atom stereocenters. The van der Waals surface area contributed by atoms with Crippen LogP contribution in [0.25, 0.3) is 0 Å². The minimum atomic E-state index is -0.993. The van der Waals surface area contributed by atoms with E-state index in [4.69, 9.17) is 19.3 Å². The van der Waals surface area contributed by atoms with Crippen LogP contribution in [0.3, 0.4) is 0 Å². The first-order valence-corrected chi connectivity index (χ1v) is 3.52. The van der Waals surface area contributed by atoms with Crippen LogP contribution >= 0.6 is 0 Å². The van der Waals surface area contributed by atoms with E-state index in [2.05, 4.69) is 0 Å². The van der Waals surface area contributed by atoms with Crippen LogP contribution in [0.15, 0.2) is 0 Å². The summed E-state index contributed by atoms with van der Waals surface area (Å²) >= 11 is 0. The van der Waals surface area contributed by atoms with Crippen molar-refractivity contribution in [1.82, 2.24) is 0 Å². The van der Waals surface area contributed by atoms with E-state index in [0.29, 0.717) is 13.2 Å². The van der Waals surface area contributed by atoms with Crippen LogP contribution in [0.2, 0.25) is 0 Å². The Labute approximate surface area is 71.2 Å². The number of hydrogen-bond acceptors (Lipinski definition) is 4. The molecule has 0 atom stereocenters. The van der Waals surface area contributed by atoms with Gasteiger partial charge in [0.2, 0.25) is 0 Å². The quantitative estimate of drug-likeness (QED) is 0.582. The lowest BCUT2D eigenvalue weighted by Crippen LogP contribution is -2.27. The Kier molecular flexibility index (Phi) is 6.64. The first-order chi connectivity index (χ1) is 5.70. The SMILES string of the molecule is COCC(COC)OCC(=O)O. The monoisotopic (exact) mass is 178 g/mol. The molecule has 0 aliphatic rings. The lowest BCUT2D eigenvalue weighted by atomic mass is 10.4. The van der Waals surface area contributed by atoms with Crippen LogP contribution in [0.1, 0.15) is 0 Å². The number of rotatable bonds is 7. The molecule has 0 heterocycles. The normalized spacial score (nSPS) is 10.6. The van der Waals surface area contributed by atoms with Gasteiger partial charge in [-0.3, -0.25) is 0 Å². The smallest absolute Gasteiger partial charge is 0.329 e. The van der Waals surface area contributed by atoms with E-state index in [0.717, 1.165) is 0 Å². The second kappa shape index (κ2) is 7.02. The number of aliphatic carboxylic acids is 1. The van der Waals surface area contributed by atoms with Crippen molar-refractivity contribution in [3.05, 3.63) is 0 Å². The Morgan fingerprint density at radius 2 is 1.83 bits per heavy atom. The topological polar surface area (TPSA) is 65.0 Å². The molecular weight excluding hydrogens is 164 g/mol. The minimum absolute atomic E-state index is 0.309. The van der Waals surface area contributed by atoms with E-state index in [9.17, 15) is 4.79 Å². The van der Waals surface area contributed by atoms with Gasteiger partial charge in [-0.05, 0) is 0 Å². The van der Waals surface area contributed by atoms with E-state index in [1.54, 1.807) is 0 Å². The van der Waals surface area contributed by atoms with E-state index in [1.165, 1.54) is 14.2 Å². The lowest BCUT2D eigenvalue weighted by molar-refractivity contribution is -0.146. The summed E-state index contributed by atoms with van der Waals surface area (Å²) < 4.78 is 14.5. The van der Waals surface area contributed by atoms with Crippen molar-refractivity contribution in [2.24, 2.45) is 0 Å². The molecule has 1 N–H and O–H groups in total. The van der Waals surface area contributed by atoms with Gasteiger partial charge in [-0.15, -0.1) is 0 Å². The van der Waals surface area contributed by atoms with Crippen molar-refractivity contribution >= 4 is 5.97 Å². The Hall–Kier alpha value is -0.650. The molecular formula is C7H14O5. The van der Waals surface area contributed by atoms with Gasteiger partial charge in [0.05, 0.1) is 13.2 Å². The summed E-state index contributed by atoms with van der Waals surface area (Å²) in [4.78, 5) is 10.1. The maximum absolute atomic E-state index is 10.1.